The smallest absolute Gasteiger partial charge is 0.123 e. The van der Waals surface area contributed by atoms with Crippen LogP contribution in [0.25, 0.3) is 0 Å². The molecule has 2 rings (SSSR count). The number of thiazole rings is 1. The van der Waals surface area contributed by atoms with Crippen molar-refractivity contribution >= 4 is 11.3 Å². The molecule has 0 saturated carbocycles. The molecular formula is C17H23FN2S. The quantitative estimate of drug-likeness (QED) is 0.892. The molecule has 0 fully saturated rings. The van der Waals surface area contributed by atoms with E-state index in [1.807, 2.05) is 12.1 Å². The topological polar surface area (TPSA) is 24.9 Å². The van der Waals surface area contributed by atoms with Gasteiger partial charge in [0.15, 0.2) is 0 Å². The summed E-state index contributed by atoms with van der Waals surface area (Å²) in [6.45, 7) is 10.5. The van der Waals surface area contributed by atoms with Crippen LogP contribution < -0.4 is 5.32 Å². The molecule has 4 heteroatoms. The third kappa shape index (κ3) is 4.35. The Hall–Kier alpha value is -1.26. The number of hydrogen-bond donors (Lipinski definition) is 1. The van der Waals surface area contributed by atoms with Gasteiger partial charge in [0, 0.05) is 23.3 Å². The molecule has 0 amide bonds. The standard InChI is InChI=1S/C17H23FN2S/c1-5-19-11-14-16(17(2,3)4)20-15(21-14)10-12-6-8-13(18)9-7-12/h6-9,19H,5,10-11H2,1-4H3. The second-order valence-electron chi connectivity index (χ2n) is 6.21. The van der Waals surface area contributed by atoms with Crippen molar-refractivity contribution in [3.63, 3.8) is 0 Å². The summed E-state index contributed by atoms with van der Waals surface area (Å²) in [7, 11) is 0. The Morgan fingerprint density at radius 3 is 2.43 bits per heavy atom. The van der Waals surface area contributed by atoms with Crippen molar-refractivity contribution in [1.29, 1.82) is 0 Å². The minimum Gasteiger partial charge on any atom is -0.312 e. The number of hydrogen-bond acceptors (Lipinski definition) is 3. The zero-order valence-electron chi connectivity index (χ0n) is 13.2. The van der Waals surface area contributed by atoms with E-state index >= 15 is 0 Å². The van der Waals surface area contributed by atoms with E-state index in [-0.39, 0.29) is 11.2 Å². The molecule has 1 heterocycles. The third-order valence-electron chi connectivity index (χ3n) is 3.26. The molecule has 21 heavy (non-hydrogen) atoms. The Labute approximate surface area is 130 Å². The molecule has 0 aliphatic heterocycles. The van der Waals surface area contributed by atoms with Crippen molar-refractivity contribution < 1.29 is 4.39 Å². The Bertz CT molecular complexity index is 582. The first-order chi connectivity index (χ1) is 9.90. The Morgan fingerprint density at radius 1 is 1.19 bits per heavy atom. The van der Waals surface area contributed by atoms with Crippen molar-refractivity contribution in [3.8, 4) is 0 Å². The lowest BCUT2D eigenvalue weighted by Gasteiger charge is -2.17. The molecule has 0 aliphatic carbocycles. The highest BCUT2D eigenvalue weighted by atomic mass is 32.1. The summed E-state index contributed by atoms with van der Waals surface area (Å²) in [5.74, 6) is -0.193. The van der Waals surface area contributed by atoms with Gasteiger partial charge in [0.05, 0.1) is 10.7 Å². The Kier molecular flexibility index (Phi) is 5.12. The van der Waals surface area contributed by atoms with Crippen molar-refractivity contribution in [1.82, 2.24) is 10.3 Å². The van der Waals surface area contributed by atoms with Gasteiger partial charge in [-0.25, -0.2) is 9.37 Å². The van der Waals surface area contributed by atoms with E-state index in [0.717, 1.165) is 30.1 Å². The fourth-order valence-electron chi connectivity index (χ4n) is 2.20. The summed E-state index contributed by atoms with van der Waals surface area (Å²) < 4.78 is 13.0. The van der Waals surface area contributed by atoms with Gasteiger partial charge >= 0.3 is 0 Å². The van der Waals surface area contributed by atoms with Gasteiger partial charge in [0.2, 0.25) is 0 Å². The number of benzene rings is 1. The van der Waals surface area contributed by atoms with Crippen LogP contribution in [0.3, 0.4) is 0 Å². The van der Waals surface area contributed by atoms with Crippen molar-refractivity contribution in [2.45, 2.75) is 46.1 Å². The summed E-state index contributed by atoms with van der Waals surface area (Å²) in [6, 6.07) is 6.68. The first-order valence-corrected chi connectivity index (χ1v) is 8.16. The monoisotopic (exact) mass is 306 g/mol. The van der Waals surface area contributed by atoms with Crippen molar-refractivity contribution in [3.05, 3.63) is 51.2 Å². The molecule has 0 bridgehead atoms. The van der Waals surface area contributed by atoms with Crippen LogP contribution in [0.15, 0.2) is 24.3 Å². The predicted molar refractivity (Wildman–Crippen MR) is 87.4 cm³/mol. The van der Waals surface area contributed by atoms with Crippen LogP contribution in [0.1, 0.15) is 48.8 Å². The molecule has 2 nitrogen and oxygen atoms in total. The van der Waals surface area contributed by atoms with Gasteiger partial charge in [0.25, 0.3) is 0 Å². The van der Waals surface area contributed by atoms with Gasteiger partial charge < -0.3 is 5.32 Å². The van der Waals surface area contributed by atoms with Crippen molar-refractivity contribution in [2.24, 2.45) is 0 Å². The largest absolute Gasteiger partial charge is 0.312 e. The summed E-state index contributed by atoms with van der Waals surface area (Å²) in [5, 5.41) is 4.48. The van der Waals surface area contributed by atoms with Crippen LogP contribution in [0.5, 0.6) is 0 Å². The molecule has 0 saturated heterocycles. The molecule has 0 spiro atoms. The molecule has 1 aromatic heterocycles. The maximum Gasteiger partial charge on any atom is 0.123 e. The molecule has 114 valence electrons. The number of aromatic nitrogens is 1. The fraction of sp³-hybridized carbons (Fsp3) is 0.471. The van der Waals surface area contributed by atoms with Crippen LogP contribution in [0, 0.1) is 5.82 Å². The normalized spacial score (nSPS) is 11.9. The van der Waals surface area contributed by atoms with E-state index in [0.29, 0.717) is 0 Å². The lowest BCUT2D eigenvalue weighted by Crippen LogP contribution is -2.18. The molecule has 1 N–H and O–H groups in total. The highest BCUT2D eigenvalue weighted by molar-refractivity contribution is 7.11. The maximum absolute atomic E-state index is 13.0. The van der Waals surface area contributed by atoms with E-state index in [9.17, 15) is 4.39 Å². The molecule has 0 radical (unpaired) electrons. The number of halogens is 1. The van der Waals surface area contributed by atoms with Crippen LogP contribution in [-0.4, -0.2) is 11.5 Å². The highest BCUT2D eigenvalue weighted by Crippen LogP contribution is 2.30. The summed E-state index contributed by atoms with van der Waals surface area (Å²) >= 11 is 1.76. The Balaban J connectivity index is 2.23. The van der Waals surface area contributed by atoms with E-state index in [2.05, 4.69) is 33.0 Å². The van der Waals surface area contributed by atoms with Gasteiger partial charge in [-0.15, -0.1) is 11.3 Å². The number of nitrogens with one attached hydrogen (secondary N) is 1. The first kappa shape index (κ1) is 16.1. The fourth-order valence-corrected chi connectivity index (χ4v) is 3.48. The highest BCUT2D eigenvalue weighted by Gasteiger charge is 2.22. The summed E-state index contributed by atoms with van der Waals surface area (Å²) in [6.07, 6.45) is 0.764. The number of rotatable bonds is 5. The second kappa shape index (κ2) is 6.67. The van der Waals surface area contributed by atoms with Crippen LogP contribution in [0.4, 0.5) is 4.39 Å². The lowest BCUT2D eigenvalue weighted by molar-refractivity contribution is 0.559. The maximum atomic E-state index is 13.0. The third-order valence-corrected chi connectivity index (χ3v) is 4.31. The second-order valence-corrected chi connectivity index (χ2v) is 7.38. The predicted octanol–water partition coefficient (Wildman–Crippen LogP) is 4.28. The van der Waals surface area contributed by atoms with Gasteiger partial charge in [-0.3, -0.25) is 0 Å². The van der Waals surface area contributed by atoms with Gasteiger partial charge in [-0.05, 0) is 24.2 Å². The zero-order chi connectivity index (χ0) is 15.5. The number of nitrogens with zero attached hydrogens (tertiary/aromatic N) is 1. The average Bonchev–Trinajstić information content (AvgIpc) is 2.82. The van der Waals surface area contributed by atoms with E-state index < -0.39 is 0 Å². The summed E-state index contributed by atoms with van der Waals surface area (Å²) in [5.41, 5.74) is 2.31. The SMILES string of the molecule is CCNCc1sc(Cc2ccc(F)cc2)nc1C(C)(C)C. The molecule has 0 unspecified atom stereocenters. The molecular weight excluding hydrogens is 283 g/mol. The van der Waals surface area contributed by atoms with Gasteiger partial charge in [-0.2, -0.15) is 0 Å². The molecule has 1 aromatic carbocycles. The lowest BCUT2D eigenvalue weighted by atomic mass is 9.91. The zero-order valence-corrected chi connectivity index (χ0v) is 14.0. The van der Waals surface area contributed by atoms with Gasteiger partial charge in [-0.1, -0.05) is 39.8 Å². The van der Waals surface area contributed by atoms with Crippen LogP contribution in [-0.2, 0) is 18.4 Å². The van der Waals surface area contributed by atoms with Crippen LogP contribution >= 0.6 is 11.3 Å². The average molecular weight is 306 g/mol. The molecule has 0 atom stereocenters. The summed E-state index contributed by atoms with van der Waals surface area (Å²) in [4.78, 5) is 6.14. The van der Waals surface area contributed by atoms with E-state index in [1.165, 1.54) is 22.7 Å². The molecule has 2 aromatic rings. The van der Waals surface area contributed by atoms with Crippen molar-refractivity contribution in [2.75, 3.05) is 6.54 Å². The van der Waals surface area contributed by atoms with Crippen LogP contribution in [0.2, 0.25) is 0 Å². The minimum absolute atomic E-state index is 0.0439. The molecule has 0 aliphatic rings. The van der Waals surface area contributed by atoms with Gasteiger partial charge in [0.1, 0.15) is 5.82 Å². The first-order valence-electron chi connectivity index (χ1n) is 7.34. The van der Waals surface area contributed by atoms with E-state index in [4.69, 9.17) is 4.98 Å². The van der Waals surface area contributed by atoms with E-state index in [1.54, 1.807) is 11.3 Å². The minimum atomic E-state index is -0.193. The Morgan fingerprint density at radius 2 is 1.86 bits per heavy atom.